The number of allylic oxidation sites excluding steroid dienone is 2. The monoisotopic (exact) mass is 681 g/mol. The Hall–Kier alpha value is -5.25. The number of hydrogen-bond acceptors (Lipinski definition) is 6. The first kappa shape index (κ1) is 32.9. The van der Waals surface area contributed by atoms with Crippen molar-refractivity contribution in [3.8, 4) is 22.5 Å². The van der Waals surface area contributed by atoms with E-state index in [2.05, 4.69) is 61.6 Å². The molecule has 1 aliphatic carbocycles. The van der Waals surface area contributed by atoms with Crippen LogP contribution in [0.25, 0.3) is 38.9 Å². The Morgan fingerprint density at radius 1 is 0.922 bits per heavy atom. The average Bonchev–Trinajstić information content (AvgIpc) is 3.54. The Morgan fingerprint density at radius 3 is 2.43 bits per heavy atom. The summed E-state index contributed by atoms with van der Waals surface area (Å²) in [5, 5.41) is 1.07. The van der Waals surface area contributed by atoms with Gasteiger partial charge in [0.2, 0.25) is 0 Å². The maximum atomic E-state index is 13.8. The largest absolute Gasteiger partial charge is 0.382 e. The summed E-state index contributed by atoms with van der Waals surface area (Å²) < 4.78 is 29.1. The number of fused-ring (bicyclic) bond motifs is 2. The number of nitrogens with two attached hydrogens (primary N) is 1. The molecule has 1 atom stereocenters. The van der Waals surface area contributed by atoms with Crippen molar-refractivity contribution in [1.29, 1.82) is 0 Å². The van der Waals surface area contributed by atoms with E-state index >= 15 is 0 Å². The molecule has 1 saturated carbocycles. The fraction of sp³-hybridized carbons (Fsp3) is 0.262. The van der Waals surface area contributed by atoms with Gasteiger partial charge in [-0.25, -0.2) is 23.7 Å². The molecule has 9 heteroatoms. The topological polar surface area (TPSA) is 75.6 Å². The third-order valence-corrected chi connectivity index (χ3v) is 10.6. The molecule has 2 fully saturated rings. The molecular formula is C42H41F2N7. The fourth-order valence-corrected chi connectivity index (χ4v) is 7.85. The van der Waals surface area contributed by atoms with E-state index in [1.54, 1.807) is 12.3 Å². The number of alkyl halides is 1. The van der Waals surface area contributed by atoms with Gasteiger partial charge in [0.25, 0.3) is 0 Å². The van der Waals surface area contributed by atoms with Crippen LogP contribution in [0.15, 0.2) is 121 Å². The zero-order valence-electron chi connectivity index (χ0n) is 28.7. The summed E-state index contributed by atoms with van der Waals surface area (Å²) in [5.74, 6) is 1.52. The molecule has 7 nitrogen and oxygen atoms in total. The summed E-state index contributed by atoms with van der Waals surface area (Å²) in [4.78, 5) is 19.7. The molecule has 1 aliphatic heterocycles. The summed E-state index contributed by atoms with van der Waals surface area (Å²) in [7, 11) is 0. The number of nitrogen functional groups attached to an aromatic ring is 1. The van der Waals surface area contributed by atoms with E-state index in [1.165, 1.54) is 12.1 Å². The van der Waals surface area contributed by atoms with Gasteiger partial charge >= 0.3 is 0 Å². The second-order valence-electron chi connectivity index (χ2n) is 13.5. The summed E-state index contributed by atoms with van der Waals surface area (Å²) in [6, 6.07) is 27.8. The first-order valence-electron chi connectivity index (χ1n) is 17.7. The maximum Gasteiger partial charge on any atom is 0.150 e. The van der Waals surface area contributed by atoms with E-state index in [1.807, 2.05) is 55.6 Å². The Bertz CT molecular complexity index is 2210. The SMILES string of the molecule is C/C=C(\C=C/CF)C(c1ccc(F)cc1)N1CCN(C2CC(c3nc(-c4ccc5ccc(-c6ccccc6)nc5c4)c4c(N)nccn34)C2)CC1. The Balaban J connectivity index is 1.00. The molecule has 3 aromatic carbocycles. The molecule has 1 saturated heterocycles. The number of imidazole rings is 1. The van der Waals surface area contributed by atoms with E-state index in [0.29, 0.717) is 17.8 Å². The van der Waals surface area contributed by atoms with Gasteiger partial charge in [-0.3, -0.25) is 14.2 Å². The van der Waals surface area contributed by atoms with Gasteiger partial charge in [-0.1, -0.05) is 78.9 Å². The number of pyridine rings is 1. The minimum Gasteiger partial charge on any atom is -0.382 e. The van der Waals surface area contributed by atoms with Crippen LogP contribution in [0.1, 0.15) is 43.1 Å². The first-order chi connectivity index (χ1) is 25.0. The van der Waals surface area contributed by atoms with Crippen LogP contribution in [0.5, 0.6) is 0 Å². The third kappa shape index (κ3) is 6.43. The first-order valence-corrected chi connectivity index (χ1v) is 17.7. The lowest BCUT2D eigenvalue weighted by molar-refractivity contribution is 0.0392. The molecule has 0 bridgehead atoms. The summed E-state index contributed by atoms with van der Waals surface area (Å²) in [6.07, 6.45) is 11.2. The number of anilines is 1. The van der Waals surface area contributed by atoms with Crippen molar-refractivity contribution in [1.82, 2.24) is 29.2 Å². The third-order valence-electron chi connectivity index (χ3n) is 10.6. The molecule has 6 aromatic rings. The van der Waals surface area contributed by atoms with Crippen molar-refractivity contribution in [2.24, 2.45) is 0 Å². The van der Waals surface area contributed by atoms with E-state index in [4.69, 9.17) is 15.7 Å². The lowest BCUT2D eigenvalue weighted by Crippen LogP contribution is -2.54. The van der Waals surface area contributed by atoms with Crippen LogP contribution >= 0.6 is 0 Å². The smallest absolute Gasteiger partial charge is 0.150 e. The van der Waals surface area contributed by atoms with E-state index in [0.717, 1.165) is 94.9 Å². The van der Waals surface area contributed by atoms with Crippen molar-refractivity contribution in [3.63, 3.8) is 0 Å². The number of piperazine rings is 1. The highest BCUT2D eigenvalue weighted by Crippen LogP contribution is 2.43. The van der Waals surface area contributed by atoms with Gasteiger partial charge < -0.3 is 5.73 Å². The lowest BCUT2D eigenvalue weighted by atomic mass is 9.78. The predicted octanol–water partition coefficient (Wildman–Crippen LogP) is 8.41. The van der Waals surface area contributed by atoms with Crippen molar-refractivity contribution in [2.75, 3.05) is 38.6 Å². The number of rotatable bonds is 9. The van der Waals surface area contributed by atoms with Crippen LogP contribution in [-0.4, -0.2) is 68.0 Å². The molecule has 0 radical (unpaired) electrons. The number of halogens is 2. The fourth-order valence-electron chi connectivity index (χ4n) is 7.85. The number of aromatic nitrogens is 4. The molecule has 4 heterocycles. The molecule has 258 valence electrons. The quantitative estimate of drug-likeness (QED) is 0.155. The number of hydrogen-bond donors (Lipinski definition) is 1. The standard InChI is InChI=1S/C42H41F2N7/c1-2-28(9-6-18-43)39(31-12-15-34(44)16-13-31)50-23-21-49(22-24-50)35-25-33(26-35)42-48-38(40-41(45)46-19-20-51(40)42)32-11-10-30-14-17-36(47-37(30)27-32)29-7-4-3-5-8-29/h2-17,19-20,27,33,35,39H,18,21-26H2,1H3,(H2,45,46)/b9-6-,28-2+. The van der Waals surface area contributed by atoms with Gasteiger partial charge in [0, 0.05) is 67.0 Å². The summed E-state index contributed by atoms with van der Waals surface area (Å²) in [5.41, 5.74) is 14.1. The molecule has 8 rings (SSSR count). The number of nitrogens with zero attached hydrogens (tertiary/aromatic N) is 6. The molecule has 0 spiro atoms. The van der Waals surface area contributed by atoms with Gasteiger partial charge in [-0.2, -0.15) is 0 Å². The van der Waals surface area contributed by atoms with Gasteiger partial charge in [0.15, 0.2) is 0 Å². The van der Waals surface area contributed by atoms with Gasteiger partial charge in [0.05, 0.1) is 17.3 Å². The highest BCUT2D eigenvalue weighted by atomic mass is 19.1. The van der Waals surface area contributed by atoms with Crippen LogP contribution < -0.4 is 5.73 Å². The molecule has 2 N–H and O–H groups in total. The minimum absolute atomic E-state index is 0.0568. The minimum atomic E-state index is -0.518. The lowest BCUT2D eigenvalue weighted by Gasteiger charge is -2.47. The van der Waals surface area contributed by atoms with E-state index in [-0.39, 0.29) is 11.9 Å². The Kier molecular flexibility index (Phi) is 9.15. The molecule has 1 unspecified atom stereocenters. The van der Waals surface area contributed by atoms with Crippen LogP contribution in [0.4, 0.5) is 14.6 Å². The predicted molar refractivity (Wildman–Crippen MR) is 200 cm³/mol. The number of benzene rings is 3. The van der Waals surface area contributed by atoms with Gasteiger partial charge in [-0.15, -0.1) is 0 Å². The summed E-state index contributed by atoms with van der Waals surface area (Å²) >= 11 is 0. The second kappa shape index (κ2) is 14.2. The highest BCUT2D eigenvalue weighted by Gasteiger charge is 2.39. The van der Waals surface area contributed by atoms with Crippen LogP contribution in [-0.2, 0) is 0 Å². The highest BCUT2D eigenvalue weighted by molar-refractivity contribution is 5.91. The molecule has 3 aromatic heterocycles. The molecule has 51 heavy (non-hydrogen) atoms. The Labute approximate surface area is 296 Å². The second-order valence-corrected chi connectivity index (χ2v) is 13.5. The molecule has 2 aliphatic rings. The van der Waals surface area contributed by atoms with Crippen molar-refractivity contribution < 1.29 is 8.78 Å². The van der Waals surface area contributed by atoms with Crippen molar-refractivity contribution in [2.45, 2.75) is 37.8 Å². The van der Waals surface area contributed by atoms with Gasteiger partial charge in [0.1, 0.15) is 35.3 Å². The molecular weight excluding hydrogens is 641 g/mol. The van der Waals surface area contributed by atoms with Gasteiger partial charge in [-0.05, 0) is 55.2 Å². The molecule has 0 amide bonds. The van der Waals surface area contributed by atoms with Crippen LogP contribution in [0.3, 0.4) is 0 Å². The normalized spacial score (nSPS) is 19.5. The van der Waals surface area contributed by atoms with Crippen molar-refractivity contribution in [3.05, 3.63) is 138 Å². The Morgan fingerprint density at radius 2 is 1.69 bits per heavy atom. The van der Waals surface area contributed by atoms with E-state index in [9.17, 15) is 8.78 Å². The average molecular weight is 682 g/mol. The maximum absolute atomic E-state index is 13.8. The van der Waals surface area contributed by atoms with Crippen molar-refractivity contribution >= 4 is 22.2 Å². The zero-order valence-corrected chi connectivity index (χ0v) is 28.7. The summed E-state index contributed by atoms with van der Waals surface area (Å²) in [6.45, 7) is 5.05. The zero-order chi connectivity index (χ0) is 34.9. The van der Waals surface area contributed by atoms with E-state index < -0.39 is 6.67 Å². The van der Waals surface area contributed by atoms with Crippen LogP contribution in [0.2, 0.25) is 0 Å². The van der Waals surface area contributed by atoms with Crippen LogP contribution in [0, 0.1) is 5.82 Å².